The molecule has 0 spiro atoms. The lowest BCUT2D eigenvalue weighted by molar-refractivity contribution is -0.132. The minimum Gasteiger partial charge on any atom is -0.495 e. The van der Waals surface area contributed by atoms with E-state index >= 15 is 0 Å². The molecule has 3 rings (SSSR count). The fraction of sp³-hybridized carbons (Fsp3) is 0.364. The van der Waals surface area contributed by atoms with Crippen molar-refractivity contribution in [3.8, 4) is 5.75 Å². The molecule has 27 heavy (non-hydrogen) atoms. The SMILES string of the molecule is CCN(C(=O)C1(C(=O)Nc2cc(C)ccc2OC)CC1)c1cccc(C)c1. The molecule has 0 saturated heterocycles. The Morgan fingerprint density at radius 3 is 2.41 bits per heavy atom. The third-order valence-electron chi connectivity index (χ3n) is 5.07. The molecule has 0 bridgehead atoms. The van der Waals surface area contributed by atoms with Crippen LogP contribution >= 0.6 is 0 Å². The number of rotatable bonds is 6. The molecule has 5 nitrogen and oxygen atoms in total. The summed E-state index contributed by atoms with van der Waals surface area (Å²) in [5.74, 6) is 0.186. The molecule has 0 heterocycles. The van der Waals surface area contributed by atoms with Crippen LogP contribution in [0.1, 0.15) is 30.9 Å². The van der Waals surface area contributed by atoms with Gasteiger partial charge >= 0.3 is 0 Å². The summed E-state index contributed by atoms with van der Waals surface area (Å²) in [6, 6.07) is 13.4. The van der Waals surface area contributed by atoms with Crippen molar-refractivity contribution < 1.29 is 14.3 Å². The summed E-state index contributed by atoms with van der Waals surface area (Å²) in [4.78, 5) is 28.0. The molecule has 0 atom stereocenters. The average molecular weight is 366 g/mol. The van der Waals surface area contributed by atoms with Crippen molar-refractivity contribution >= 4 is 23.2 Å². The van der Waals surface area contributed by atoms with Crippen LogP contribution in [0.3, 0.4) is 0 Å². The molecule has 142 valence electrons. The summed E-state index contributed by atoms with van der Waals surface area (Å²) in [6.45, 7) is 6.39. The fourth-order valence-corrected chi connectivity index (χ4v) is 3.32. The lowest BCUT2D eigenvalue weighted by Gasteiger charge is -2.26. The Bertz CT molecular complexity index is 872. The molecule has 1 aliphatic rings. The first-order chi connectivity index (χ1) is 12.9. The fourth-order valence-electron chi connectivity index (χ4n) is 3.32. The molecule has 2 aromatic carbocycles. The minimum atomic E-state index is -0.992. The first-order valence-electron chi connectivity index (χ1n) is 9.26. The highest BCUT2D eigenvalue weighted by Crippen LogP contribution is 2.49. The molecule has 0 aliphatic heterocycles. The molecule has 1 saturated carbocycles. The maximum Gasteiger partial charge on any atom is 0.242 e. The molecular weight excluding hydrogens is 340 g/mol. The van der Waals surface area contributed by atoms with Crippen molar-refractivity contribution in [1.29, 1.82) is 0 Å². The van der Waals surface area contributed by atoms with Gasteiger partial charge in [-0.15, -0.1) is 0 Å². The van der Waals surface area contributed by atoms with Crippen LogP contribution in [-0.4, -0.2) is 25.5 Å². The molecule has 0 unspecified atom stereocenters. The summed E-state index contributed by atoms with van der Waals surface area (Å²) in [5, 5.41) is 2.92. The summed E-state index contributed by atoms with van der Waals surface area (Å²) in [7, 11) is 1.56. The van der Waals surface area contributed by atoms with Crippen molar-refractivity contribution in [2.45, 2.75) is 33.6 Å². The van der Waals surface area contributed by atoms with Gasteiger partial charge in [0.15, 0.2) is 0 Å². The van der Waals surface area contributed by atoms with Gasteiger partial charge in [0.2, 0.25) is 11.8 Å². The summed E-state index contributed by atoms with van der Waals surface area (Å²) in [5.41, 5.74) is 2.53. The second-order valence-corrected chi connectivity index (χ2v) is 7.13. The number of amides is 2. The van der Waals surface area contributed by atoms with Gasteiger partial charge in [-0.05, 0) is 69.0 Å². The molecule has 1 N–H and O–H groups in total. The van der Waals surface area contributed by atoms with Crippen molar-refractivity contribution in [2.75, 3.05) is 23.9 Å². The number of carbonyl (C=O) groups is 2. The van der Waals surface area contributed by atoms with Crippen molar-refractivity contribution in [2.24, 2.45) is 5.41 Å². The van der Waals surface area contributed by atoms with E-state index in [-0.39, 0.29) is 11.8 Å². The van der Waals surface area contributed by atoms with Crippen molar-refractivity contribution in [3.05, 3.63) is 53.6 Å². The number of carbonyl (C=O) groups excluding carboxylic acids is 2. The molecule has 2 aromatic rings. The molecule has 1 fully saturated rings. The number of hydrogen-bond donors (Lipinski definition) is 1. The first-order valence-corrected chi connectivity index (χ1v) is 9.26. The molecular formula is C22H26N2O3. The van der Waals surface area contributed by atoms with E-state index in [0.717, 1.165) is 16.8 Å². The van der Waals surface area contributed by atoms with Crippen LogP contribution in [0.2, 0.25) is 0 Å². The highest BCUT2D eigenvalue weighted by molar-refractivity contribution is 6.18. The lowest BCUT2D eigenvalue weighted by atomic mass is 10.0. The van der Waals surface area contributed by atoms with Crippen LogP contribution < -0.4 is 15.0 Å². The number of nitrogens with one attached hydrogen (secondary N) is 1. The summed E-state index contributed by atoms with van der Waals surface area (Å²) < 4.78 is 5.34. The number of ether oxygens (including phenoxy) is 1. The lowest BCUT2D eigenvalue weighted by Crippen LogP contribution is -2.43. The van der Waals surface area contributed by atoms with Gasteiger partial charge in [0.25, 0.3) is 0 Å². The van der Waals surface area contributed by atoms with Gasteiger partial charge in [-0.1, -0.05) is 18.2 Å². The van der Waals surface area contributed by atoms with E-state index in [0.29, 0.717) is 30.8 Å². The van der Waals surface area contributed by atoms with Crippen LogP contribution in [0.5, 0.6) is 5.75 Å². The Morgan fingerprint density at radius 2 is 1.81 bits per heavy atom. The van der Waals surface area contributed by atoms with Crippen LogP contribution in [0.4, 0.5) is 11.4 Å². The maximum atomic E-state index is 13.3. The molecule has 0 aromatic heterocycles. The Hall–Kier alpha value is -2.82. The number of aryl methyl sites for hydroxylation is 2. The highest BCUT2D eigenvalue weighted by atomic mass is 16.5. The quantitative estimate of drug-likeness (QED) is 0.784. The second-order valence-electron chi connectivity index (χ2n) is 7.13. The Balaban J connectivity index is 1.84. The van der Waals surface area contributed by atoms with Crippen LogP contribution in [0, 0.1) is 19.3 Å². The maximum absolute atomic E-state index is 13.3. The van der Waals surface area contributed by atoms with Gasteiger partial charge in [0.1, 0.15) is 11.2 Å². The average Bonchev–Trinajstić information content (AvgIpc) is 3.44. The third kappa shape index (κ3) is 3.68. The summed E-state index contributed by atoms with van der Waals surface area (Å²) in [6.07, 6.45) is 1.13. The normalized spacial score (nSPS) is 14.4. The molecule has 0 radical (unpaired) electrons. The summed E-state index contributed by atoms with van der Waals surface area (Å²) >= 11 is 0. The van der Waals surface area contributed by atoms with E-state index in [9.17, 15) is 9.59 Å². The standard InChI is InChI=1S/C22H26N2O3/c1-5-24(17-8-6-7-15(2)13-17)21(26)22(11-12-22)20(25)23-18-14-16(3)9-10-19(18)27-4/h6-10,13-14H,5,11-12H2,1-4H3,(H,23,25). The Kier molecular flexibility index (Phi) is 5.22. The van der Waals surface area contributed by atoms with Gasteiger partial charge in [-0.25, -0.2) is 0 Å². The van der Waals surface area contributed by atoms with Crippen LogP contribution in [0.15, 0.2) is 42.5 Å². The van der Waals surface area contributed by atoms with E-state index in [4.69, 9.17) is 4.74 Å². The third-order valence-corrected chi connectivity index (χ3v) is 5.07. The monoisotopic (exact) mass is 366 g/mol. The van der Waals surface area contributed by atoms with Gasteiger partial charge in [0.05, 0.1) is 12.8 Å². The zero-order valence-corrected chi connectivity index (χ0v) is 16.3. The number of hydrogen-bond acceptors (Lipinski definition) is 3. The van der Waals surface area contributed by atoms with Crippen LogP contribution in [-0.2, 0) is 9.59 Å². The van der Waals surface area contributed by atoms with Gasteiger partial charge in [-0.3, -0.25) is 9.59 Å². The van der Waals surface area contributed by atoms with E-state index < -0.39 is 5.41 Å². The van der Waals surface area contributed by atoms with Gasteiger partial charge in [-0.2, -0.15) is 0 Å². The zero-order valence-electron chi connectivity index (χ0n) is 16.3. The van der Waals surface area contributed by atoms with E-state index in [1.54, 1.807) is 12.0 Å². The largest absolute Gasteiger partial charge is 0.495 e. The van der Waals surface area contributed by atoms with Crippen molar-refractivity contribution in [3.63, 3.8) is 0 Å². The second kappa shape index (κ2) is 7.43. The minimum absolute atomic E-state index is 0.139. The molecule has 2 amide bonds. The number of methoxy groups -OCH3 is 1. The van der Waals surface area contributed by atoms with E-state index in [2.05, 4.69) is 5.32 Å². The van der Waals surface area contributed by atoms with Gasteiger partial charge in [0, 0.05) is 12.2 Å². The number of nitrogens with zero attached hydrogens (tertiary/aromatic N) is 1. The Morgan fingerprint density at radius 1 is 1.11 bits per heavy atom. The predicted molar refractivity (Wildman–Crippen MR) is 107 cm³/mol. The smallest absolute Gasteiger partial charge is 0.242 e. The highest BCUT2D eigenvalue weighted by Gasteiger charge is 2.58. The van der Waals surface area contributed by atoms with Gasteiger partial charge < -0.3 is 15.0 Å². The van der Waals surface area contributed by atoms with Crippen LogP contribution in [0.25, 0.3) is 0 Å². The molecule has 5 heteroatoms. The Labute approximate surface area is 160 Å². The first kappa shape index (κ1) is 19.0. The number of benzene rings is 2. The van der Waals surface area contributed by atoms with E-state index in [1.807, 2.05) is 63.2 Å². The van der Waals surface area contributed by atoms with E-state index in [1.165, 1.54) is 0 Å². The predicted octanol–water partition coefficient (Wildman–Crippen LogP) is 4.08. The molecule has 1 aliphatic carbocycles. The zero-order chi connectivity index (χ0) is 19.6. The topological polar surface area (TPSA) is 58.6 Å². The van der Waals surface area contributed by atoms with Crippen molar-refractivity contribution in [1.82, 2.24) is 0 Å². The number of anilines is 2.